The van der Waals surface area contributed by atoms with E-state index in [-0.39, 0.29) is 0 Å². The summed E-state index contributed by atoms with van der Waals surface area (Å²) in [5.74, 6) is 1.75. The topological polar surface area (TPSA) is 48.9 Å². The molecule has 0 fully saturated rings. The van der Waals surface area contributed by atoms with Crippen molar-refractivity contribution in [2.45, 2.75) is 40.2 Å². The van der Waals surface area contributed by atoms with Gasteiger partial charge in [0.2, 0.25) is 0 Å². The van der Waals surface area contributed by atoms with E-state index >= 15 is 0 Å². The number of rotatable bonds is 11. The van der Waals surface area contributed by atoms with E-state index in [4.69, 9.17) is 4.74 Å². The van der Waals surface area contributed by atoms with Crippen molar-refractivity contribution in [2.75, 3.05) is 39.8 Å². The summed E-state index contributed by atoms with van der Waals surface area (Å²) in [6, 6.07) is 8.04. The number of hydrogen-bond acceptors (Lipinski definition) is 3. The fourth-order valence-corrected chi connectivity index (χ4v) is 2.49. The number of aliphatic imine (C=N–C) groups is 1. The third-order valence-electron chi connectivity index (χ3n) is 3.99. The van der Waals surface area contributed by atoms with Gasteiger partial charge in [-0.15, -0.1) is 0 Å². The average Bonchev–Trinajstić information content (AvgIpc) is 2.62. The standard InChI is InChI=1S/C19H34N4O/c1-5-20-19(21-13-8-9-14-23(6-2)7-3)22-16-17-11-10-12-18(15-17)24-4/h10-12,15H,5-9,13-14,16H2,1-4H3,(H2,20,21,22). The first-order chi connectivity index (χ1) is 11.7. The van der Waals surface area contributed by atoms with Crippen LogP contribution in [0, 0.1) is 0 Å². The largest absolute Gasteiger partial charge is 0.497 e. The zero-order valence-electron chi connectivity index (χ0n) is 15.8. The van der Waals surface area contributed by atoms with Gasteiger partial charge in [-0.2, -0.15) is 0 Å². The van der Waals surface area contributed by atoms with E-state index in [0.29, 0.717) is 6.54 Å². The van der Waals surface area contributed by atoms with Gasteiger partial charge in [-0.3, -0.25) is 0 Å². The van der Waals surface area contributed by atoms with Crippen molar-refractivity contribution >= 4 is 5.96 Å². The average molecular weight is 335 g/mol. The Kier molecular flexibility index (Phi) is 10.7. The molecule has 1 aromatic rings. The Bertz CT molecular complexity index is 472. The van der Waals surface area contributed by atoms with Crippen molar-refractivity contribution in [1.82, 2.24) is 15.5 Å². The van der Waals surface area contributed by atoms with Crippen LogP contribution in [0.4, 0.5) is 0 Å². The Morgan fingerprint density at radius 1 is 1.12 bits per heavy atom. The summed E-state index contributed by atoms with van der Waals surface area (Å²) in [5, 5.41) is 6.72. The summed E-state index contributed by atoms with van der Waals surface area (Å²) >= 11 is 0. The second-order valence-electron chi connectivity index (χ2n) is 5.71. The fraction of sp³-hybridized carbons (Fsp3) is 0.632. The highest BCUT2D eigenvalue weighted by atomic mass is 16.5. The van der Waals surface area contributed by atoms with Crippen LogP contribution < -0.4 is 15.4 Å². The predicted molar refractivity (Wildman–Crippen MR) is 103 cm³/mol. The van der Waals surface area contributed by atoms with E-state index in [9.17, 15) is 0 Å². The van der Waals surface area contributed by atoms with Gasteiger partial charge in [0.15, 0.2) is 5.96 Å². The monoisotopic (exact) mass is 334 g/mol. The van der Waals surface area contributed by atoms with E-state index in [2.05, 4.69) is 47.4 Å². The quantitative estimate of drug-likeness (QED) is 0.371. The molecule has 136 valence electrons. The van der Waals surface area contributed by atoms with Gasteiger partial charge < -0.3 is 20.3 Å². The first-order valence-electron chi connectivity index (χ1n) is 9.10. The maximum atomic E-state index is 5.25. The highest BCUT2D eigenvalue weighted by molar-refractivity contribution is 5.79. The van der Waals surface area contributed by atoms with Crippen LogP contribution in [0.25, 0.3) is 0 Å². The van der Waals surface area contributed by atoms with Gasteiger partial charge in [0.05, 0.1) is 13.7 Å². The Morgan fingerprint density at radius 2 is 1.92 bits per heavy atom. The van der Waals surface area contributed by atoms with Gasteiger partial charge in [0.25, 0.3) is 0 Å². The molecule has 5 nitrogen and oxygen atoms in total. The Labute approximate surface area is 147 Å². The molecular weight excluding hydrogens is 300 g/mol. The van der Waals surface area contributed by atoms with Gasteiger partial charge >= 0.3 is 0 Å². The minimum atomic E-state index is 0.645. The molecule has 0 atom stereocenters. The third-order valence-corrected chi connectivity index (χ3v) is 3.99. The maximum absolute atomic E-state index is 5.25. The van der Waals surface area contributed by atoms with Crippen molar-refractivity contribution in [3.8, 4) is 5.75 Å². The van der Waals surface area contributed by atoms with E-state index in [1.807, 2.05) is 18.2 Å². The minimum Gasteiger partial charge on any atom is -0.497 e. The summed E-state index contributed by atoms with van der Waals surface area (Å²) < 4.78 is 5.25. The lowest BCUT2D eigenvalue weighted by atomic mass is 10.2. The zero-order chi connectivity index (χ0) is 17.6. The second kappa shape index (κ2) is 12.6. The van der Waals surface area contributed by atoms with Crippen LogP contribution in [0.2, 0.25) is 0 Å². The number of methoxy groups -OCH3 is 1. The lowest BCUT2D eigenvalue weighted by Crippen LogP contribution is -2.38. The number of nitrogens with zero attached hydrogens (tertiary/aromatic N) is 2. The maximum Gasteiger partial charge on any atom is 0.191 e. The molecule has 0 saturated heterocycles. The third kappa shape index (κ3) is 8.20. The highest BCUT2D eigenvalue weighted by Crippen LogP contribution is 2.13. The molecule has 0 saturated carbocycles. The molecule has 0 bridgehead atoms. The van der Waals surface area contributed by atoms with Gasteiger partial charge in [-0.05, 0) is 57.1 Å². The Hall–Kier alpha value is -1.75. The molecule has 1 aromatic carbocycles. The summed E-state index contributed by atoms with van der Waals surface area (Å²) in [5.41, 5.74) is 1.15. The second-order valence-corrected chi connectivity index (χ2v) is 5.71. The molecule has 5 heteroatoms. The van der Waals surface area contributed by atoms with E-state index < -0.39 is 0 Å². The SMILES string of the molecule is CCNC(=NCc1cccc(OC)c1)NCCCCN(CC)CC. The smallest absolute Gasteiger partial charge is 0.191 e. The molecule has 0 aliphatic carbocycles. The van der Waals surface area contributed by atoms with Crippen LogP contribution in [0.3, 0.4) is 0 Å². The number of guanidine groups is 1. The Morgan fingerprint density at radius 3 is 2.58 bits per heavy atom. The molecule has 0 aliphatic rings. The number of benzene rings is 1. The van der Waals surface area contributed by atoms with Crippen LogP contribution in [0.15, 0.2) is 29.3 Å². The first-order valence-corrected chi connectivity index (χ1v) is 9.10. The lowest BCUT2D eigenvalue weighted by molar-refractivity contribution is 0.297. The van der Waals surface area contributed by atoms with Crippen molar-refractivity contribution in [1.29, 1.82) is 0 Å². The number of nitrogens with one attached hydrogen (secondary N) is 2. The van der Waals surface area contributed by atoms with E-state index in [1.165, 1.54) is 13.0 Å². The van der Waals surface area contributed by atoms with Crippen molar-refractivity contribution in [3.05, 3.63) is 29.8 Å². The van der Waals surface area contributed by atoms with Crippen LogP contribution in [0.5, 0.6) is 5.75 Å². The number of ether oxygens (including phenoxy) is 1. The van der Waals surface area contributed by atoms with Gasteiger partial charge in [0.1, 0.15) is 5.75 Å². The molecule has 2 N–H and O–H groups in total. The van der Waals surface area contributed by atoms with Crippen molar-refractivity contribution < 1.29 is 4.74 Å². The van der Waals surface area contributed by atoms with Gasteiger partial charge in [0, 0.05) is 13.1 Å². The molecule has 0 radical (unpaired) electrons. The molecule has 0 heterocycles. The molecule has 0 aliphatic heterocycles. The summed E-state index contributed by atoms with van der Waals surface area (Å²) in [7, 11) is 1.69. The minimum absolute atomic E-state index is 0.645. The summed E-state index contributed by atoms with van der Waals surface area (Å²) in [4.78, 5) is 7.11. The van der Waals surface area contributed by atoms with Crippen LogP contribution in [0.1, 0.15) is 39.2 Å². The van der Waals surface area contributed by atoms with Crippen LogP contribution >= 0.6 is 0 Å². The Balaban J connectivity index is 2.39. The summed E-state index contributed by atoms with van der Waals surface area (Å²) in [6.45, 7) is 12.4. The molecule has 0 unspecified atom stereocenters. The molecule has 24 heavy (non-hydrogen) atoms. The first kappa shape index (κ1) is 20.3. The van der Waals surface area contributed by atoms with Gasteiger partial charge in [-0.1, -0.05) is 26.0 Å². The lowest BCUT2D eigenvalue weighted by Gasteiger charge is -2.18. The van der Waals surface area contributed by atoms with E-state index in [1.54, 1.807) is 7.11 Å². The van der Waals surface area contributed by atoms with Crippen LogP contribution in [-0.4, -0.2) is 50.7 Å². The normalized spacial score (nSPS) is 11.6. The van der Waals surface area contributed by atoms with Crippen molar-refractivity contribution in [2.24, 2.45) is 4.99 Å². The molecule has 0 spiro atoms. The predicted octanol–water partition coefficient (Wildman–Crippen LogP) is 2.87. The van der Waals surface area contributed by atoms with Crippen LogP contribution in [-0.2, 0) is 6.54 Å². The zero-order valence-corrected chi connectivity index (χ0v) is 15.8. The molecule has 0 aromatic heterocycles. The van der Waals surface area contributed by atoms with Crippen molar-refractivity contribution in [3.63, 3.8) is 0 Å². The number of hydrogen-bond donors (Lipinski definition) is 2. The molecule has 1 rings (SSSR count). The molecular formula is C19H34N4O. The number of unbranched alkanes of at least 4 members (excludes halogenated alkanes) is 1. The molecule has 0 amide bonds. The highest BCUT2D eigenvalue weighted by Gasteiger charge is 2.01. The summed E-state index contributed by atoms with van der Waals surface area (Å²) in [6.07, 6.45) is 2.37. The fourth-order valence-electron chi connectivity index (χ4n) is 2.49. The van der Waals surface area contributed by atoms with Gasteiger partial charge in [-0.25, -0.2) is 4.99 Å². The van der Waals surface area contributed by atoms with E-state index in [0.717, 1.165) is 49.9 Å².